The van der Waals surface area contributed by atoms with E-state index >= 15 is 0 Å². The molecule has 0 bridgehead atoms. The molecular formula is C22H24ClFN6O2. The molecule has 3 aromatic rings. The molecule has 32 heavy (non-hydrogen) atoms. The van der Waals surface area contributed by atoms with E-state index in [0.29, 0.717) is 34.6 Å². The van der Waals surface area contributed by atoms with Crippen molar-refractivity contribution >= 4 is 29.1 Å². The van der Waals surface area contributed by atoms with Crippen LogP contribution in [0.3, 0.4) is 0 Å². The van der Waals surface area contributed by atoms with E-state index in [4.69, 9.17) is 11.6 Å². The van der Waals surface area contributed by atoms with Crippen molar-refractivity contribution in [3.8, 4) is 11.4 Å². The van der Waals surface area contributed by atoms with E-state index in [0.717, 1.165) is 11.2 Å². The van der Waals surface area contributed by atoms with E-state index in [9.17, 15) is 14.0 Å². The van der Waals surface area contributed by atoms with Crippen LogP contribution in [0.2, 0.25) is 5.02 Å². The van der Waals surface area contributed by atoms with Gasteiger partial charge in [-0.15, -0.1) is 10.2 Å². The van der Waals surface area contributed by atoms with Crippen LogP contribution in [0, 0.1) is 11.7 Å². The second-order valence-corrected chi connectivity index (χ2v) is 8.08. The molecule has 0 atom stereocenters. The zero-order valence-corrected chi connectivity index (χ0v) is 18.6. The monoisotopic (exact) mass is 458 g/mol. The van der Waals surface area contributed by atoms with Crippen molar-refractivity contribution in [1.29, 1.82) is 0 Å². The van der Waals surface area contributed by atoms with E-state index in [1.807, 2.05) is 0 Å². The number of carbonyl (C=O) groups is 2. The van der Waals surface area contributed by atoms with Gasteiger partial charge in [0.2, 0.25) is 11.7 Å². The van der Waals surface area contributed by atoms with Gasteiger partial charge in [-0.3, -0.25) is 9.59 Å². The summed E-state index contributed by atoms with van der Waals surface area (Å²) in [5.41, 5.74) is 1.10. The second kappa shape index (κ2) is 10.8. The summed E-state index contributed by atoms with van der Waals surface area (Å²) in [4.78, 5) is 27.8. The number of nitrogens with one attached hydrogen (secondary N) is 1. The molecule has 0 aliphatic carbocycles. The molecule has 8 nitrogen and oxygen atoms in total. The van der Waals surface area contributed by atoms with Crippen LogP contribution in [0.1, 0.15) is 20.3 Å². The topological polar surface area (TPSA) is 93.0 Å². The van der Waals surface area contributed by atoms with E-state index < -0.39 is 11.7 Å². The van der Waals surface area contributed by atoms with Gasteiger partial charge in [0, 0.05) is 22.8 Å². The molecular weight excluding hydrogens is 435 g/mol. The van der Waals surface area contributed by atoms with Crippen molar-refractivity contribution in [2.45, 2.75) is 26.8 Å². The number of anilines is 1. The summed E-state index contributed by atoms with van der Waals surface area (Å²) in [6, 6.07) is 12.3. The molecule has 2 amide bonds. The molecule has 0 aliphatic rings. The third kappa shape index (κ3) is 6.58. The third-order valence-corrected chi connectivity index (χ3v) is 4.87. The fourth-order valence-corrected chi connectivity index (χ4v) is 3.00. The lowest BCUT2D eigenvalue weighted by molar-refractivity contribution is -0.124. The molecule has 168 valence electrons. The van der Waals surface area contributed by atoms with Gasteiger partial charge in [0.05, 0.1) is 0 Å². The molecule has 1 N–H and O–H groups in total. The Bertz CT molecular complexity index is 1050. The number of tetrazole rings is 1. The van der Waals surface area contributed by atoms with Crippen molar-refractivity contribution in [3.05, 3.63) is 59.4 Å². The average Bonchev–Trinajstić information content (AvgIpc) is 3.21. The van der Waals surface area contributed by atoms with Crippen molar-refractivity contribution in [3.63, 3.8) is 0 Å². The normalized spacial score (nSPS) is 10.9. The molecule has 0 spiro atoms. The number of carbonyl (C=O) groups excluding carboxylic acids is 2. The van der Waals surface area contributed by atoms with E-state index in [1.165, 1.54) is 29.2 Å². The number of hydrogen-bond acceptors (Lipinski definition) is 5. The molecule has 0 aliphatic heterocycles. The van der Waals surface area contributed by atoms with Crippen molar-refractivity contribution in [2.24, 2.45) is 5.92 Å². The molecule has 0 saturated carbocycles. The van der Waals surface area contributed by atoms with Crippen molar-refractivity contribution in [1.82, 2.24) is 25.5 Å². The fourth-order valence-electron chi connectivity index (χ4n) is 2.88. The van der Waals surface area contributed by atoms with Crippen LogP contribution in [0.4, 0.5) is 10.1 Å². The maximum atomic E-state index is 13.4. The molecule has 1 aromatic heterocycles. The standard InChI is InChI=1S/C22H24ClFN6O2/c1-15(2)11-12-25-20(31)13-29(19-9-7-18(24)8-10-19)21(32)14-30-27-22(26-28-30)16-3-5-17(23)6-4-16/h3-10,15H,11-14H2,1-2H3,(H,25,31). The first-order valence-electron chi connectivity index (χ1n) is 10.2. The smallest absolute Gasteiger partial charge is 0.251 e. The first-order chi connectivity index (χ1) is 15.3. The Hall–Kier alpha value is -3.33. The Balaban J connectivity index is 1.72. The first-order valence-corrected chi connectivity index (χ1v) is 10.6. The van der Waals surface area contributed by atoms with E-state index in [-0.39, 0.29) is 19.0 Å². The van der Waals surface area contributed by atoms with Crippen LogP contribution in [0.15, 0.2) is 48.5 Å². The van der Waals surface area contributed by atoms with Gasteiger partial charge in [-0.05, 0) is 66.1 Å². The number of benzene rings is 2. The molecule has 1 heterocycles. The average molecular weight is 459 g/mol. The Morgan fingerprint density at radius 1 is 1.12 bits per heavy atom. The van der Waals surface area contributed by atoms with Crippen LogP contribution in [0.25, 0.3) is 11.4 Å². The molecule has 0 unspecified atom stereocenters. The largest absolute Gasteiger partial charge is 0.355 e. The predicted octanol–water partition coefficient (Wildman–Crippen LogP) is 3.33. The van der Waals surface area contributed by atoms with Crippen LogP contribution in [0.5, 0.6) is 0 Å². The highest BCUT2D eigenvalue weighted by Gasteiger charge is 2.21. The highest BCUT2D eigenvalue weighted by Crippen LogP contribution is 2.18. The summed E-state index contributed by atoms with van der Waals surface area (Å²) >= 11 is 5.90. The highest BCUT2D eigenvalue weighted by atomic mass is 35.5. The van der Waals surface area contributed by atoms with E-state index in [1.54, 1.807) is 24.3 Å². The lowest BCUT2D eigenvalue weighted by Gasteiger charge is -2.22. The van der Waals surface area contributed by atoms with Crippen LogP contribution < -0.4 is 10.2 Å². The number of halogens is 2. The van der Waals surface area contributed by atoms with Gasteiger partial charge in [0.25, 0.3) is 5.91 Å². The molecule has 0 saturated heterocycles. The van der Waals surface area contributed by atoms with Crippen molar-refractivity contribution < 1.29 is 14.0 Å². The Morgan fingerprint density at radius 2 is 1.81 bits per heavy atom. The van der Waals surface area contributed by atoms with Gasteiger partial charge in [-0.25, -0.2) is 4.39 Å². The minimum Gasteiger partial charge on any atom is -0.355 e. The molecule has 2 aromatic carbocycles. The first kappa shape index (κ1) is 23.3. The van der Waals surface area contributed by atoms with Crippen molar-refractivity contribution in [2.75, 3.05) is 18.0 Å². The van der Waals surface area contributed by atoms with Gasteiger partial charge < -0.3 is 10.2 Å². The molecule has 0 fully saturated rings. The zero-order valence-electron chi connectivity index (χ0n) is 17.8. The Kier molecular flexibility index (Phi) is 7.88. The predicted molar refractivity (Wildman–Crippen MR) is 119 cm³/mol. The highest BCUT2D eigenvalue weighted by molar-refractivity contribution is 6.30. The summed E-state index contributed by atoms with van der Waals surface area (Å²) in [5.74, 6) is -0.395. The number of aromatic nitrogens is 4. The van der Waals surface area contributed by atoms with Gasteiger partial charge in [0.15, 0.2) is 0 Å². The van der Waals surface area contributed by atoms with Crippen LogP contribution in [-0.4, -0.2) is 45.1 Å². The summed E-state index contributed by atoms with van der Waals surface area (Å²) in [6.45, 7) is 4.18. The SMILES string of the molecule is CC(C)CCNC(=O)CN(C(=O)Cn1nnc(-c2ccc(Cl)cc2)n1)c1ccc(F)cc1. The molecule has 10 heteroatoms. The summed E-state index contributed by atoms with van der Waals surface area (Å²) in [6.07, 6.45) is 0.826. The van der Waals surface area contributed by atoms with E-state index in [2.05, 4.69) is 34.6 Å². The maximum absolute atomic E-state index is 13.4. The minimum atomic E-state index is -0.437. The minimum absolute atomic E-state index is 0.207. The number of amides is 2. The summed E-state index contributed by atoms with van der Waals surface area (Å²) in [5, 5.41) is 15.5. The van der Waals surface area contributed by atoms with Gasteiger partial charge in [0.1, 0.15) is 18.9 Å². The fraction of sp³-hybridized carbons (Fsp3) is 0.318. The Labute approximate surface area is 190 Å². The number of nitrogens with zero attached hydrogens (tertiary/aromatic N) is 5. The third-order valence-electron chi connectivity index (χ3n) is 4.62. The quantitative estimate of drug-likeness (QED) is 0.531. The number of hydrogen-bond donors (Lipinski definition) is 1. The van der Waals surface area contributed by atoms with Crippen LogP contribution in [-0.2, 0) is 16.1 Å². The lowest BCUT2D eigenvalue weighted by Crippen LogP contribution is -2.43. The van der Waals surface area contributed by atoms with Crippen LogP contribution >= 0.6 is 11.6 Å². The van der Waals surface area contributed by atoms with Gasteiger partial charge >= 0.3 is 0 Å². The zero-order chi connectivity index (χ0) is 23.1. The molecule has 3 rings (SSSR count). The lowest BCUT2D eigenvalue weighted by atomic mass is 10.1. The summed E-state index contributed by atoms with van der Waals surface area (Å²) in [7, 11) is 0. The summed E-state index contributed by atoms with van der Waals surface area (Å²) < 4.78 is 13.4. The molecule has 0 radical (unpaired) electrons. The second-order valence-electron chi connectivity index (χ2n) is 7.64. The maximum Gasteiger partial charge on any atom is 0.251 e. The Morgan fingerprint density at radius 3 is 2.47 bits per heavy atom. The van der Waals surface area contributed by atoms with Gasteiger partial charge in [-0.1, -0.05) is 25.4 Å². The number of rotatable bonds is 9. The van der Waals surface area contributed by atoms with Gasteiger partial charge in [-0.2, -0.15) is 4.80 Å².